The predicted octanol–water partition coefficient (Wildman–Crippen LogP) is 3.70. The van der Waals surface area contributed by atoms with Gasteiger partial charge in [-0.05, 0) is 37.5 Å². The van der Waals surface area contributed by atoms with Gasteiger partial charge in [0.15, 0.2) is 0 Å². The maximum absolute atomic E-state index is 13.6. The van der Waals surface area contributed by atoms with Crippen LogP contribution in [0.5, 0.6) is 0 Å². The first-order valence-electron chi connectivity index (χ1n) is 7.22. The molecule has 1 heterocycles. The topological polar surface area (TPSA) is 69.6 Å². The van der Waals surface area contributed by atoms with E-state index in [2.05, 4.69) is 5.32 Å². The number of aliphatic carboxylic acids is 1. The van der Waals surface area contributed by atoms with E-state index in [1.165, 1.54) is 17.0 Å². The SMILES string of the molecule is CC(NC(=O)N1CCCC(C(=O)O)C1)c1cc(F)c(Cl)cc1Cl. The minimum atomic E-state index is -0.904. The Kier molecular flexibility index (Phi) is 5.70. The second-order valence-electron chi connectivity index (χ2n) is 5.58. The third-order valence-corrected chi connectivity index (χ3v) is 4.52. The number of nitrogens with zero attached hydrogens (tertiary/aromatic N) is 1. The summed E-state index contributed by atoms with van der Waals surface area (Å²) in [6, 6.07) is 1.55. The van der Waals surface area contributed by atoms with Crippen molar-refractivity contribution in [2.45, 2.75) is 25.8 Å². The Balaban J connectivity index is 2.05. The van der Waals surface area contributed by atoms with Gasteiger partial charge in [0.05, 0.1) is 17.0 Å². The van der Waals surface area contributed by atoms with Crippen LogP contribution < -0.4 is 5.32 Å². The van der Waals surface area contributed by atoms with E-state index >= 15 is 0 Å². The number of nitrogens with one attached hydrogen (secondary N) is 1. The van der Waals surface area contributed by atoms with Gasteiger partial charge in [-0.25, -0.2) is 9.18 Å². The Morgan fingerprint density at radius 2 is 2.09 bits per heavy atom. The summed E-state index contributed by atoms with van der Waals surface area (Å²) >= 11 is 11.7. The third kappa shape index (κ3) is 4.26. The molecule has 2 amide bonds. The fourth-order valence-electron chi connectivity index (χ4n) is 2.59. The maximum Gasteiger partial charge on any atom is 0.317 e. The van der Waals surface area contributed by atoms with E-state index in [0.29, 0.717) is 24.9 Å². The molecule has 23 heavy (non-hydrogen) atoms. The summed E-state index contributed by atoms with van der Waals surface area (Å²) in [7, 11) is 0. The number of urea groups is 1. The van der Waals surface area contributed by atoms with E-state index in [0.717, 1.165) is 0 Å². The van der Waals surface area contributed by atoms with Gasteiger partial charge in [-0.1, -0.05) is 23.2 Å². The van der Waals surface area contributed by atoms with Crippen molar-refractivity contribution in [1.82, 2.24) is 10.2 Å². The fourth-order valence-corrected chi connectivity index (χ4v) is 3.13. The lowest BCUT2D eigenvalue weighted by Crippen LogP contribution is -2.47. The van der Waals surface area contributed by atoms with Crippen LogP contribution in [0, 0.1) is 11.7 Å². The lowest BCUT2D eigenvalue weighted by Gasteiger charge is -2.32. The van der Waals surface area contributed by atoms with E-state index in [1.54, 1.807) is 6.92 Å². The average molecular weight is 363 g/mol. The molecule has 2 rings (SSSR count). The molecule has 1 saturated heterocycles. The zero-order valence-corrected chi connectivity index (χ0v) is 14.0. The van der Waals surface area contributed by atoms with Crippen LogP contribution in [0.3, 0.4) is 0 Å². The minimum Gasteiger partial charge on any atom is -0.481 e. The van der Waals surface area contributed by atoms with E-state index in [9.17, 15) is 14.0 Å². The van der Waals surface area contributed by atoms with Gasteiger partial charge in [0.25, 0.3) is 0 Å². The largest absolute Gasteiger partial charge is 0.481 e. The molecule has 0 radical (unpaired) electrons. The van der Waals surface area contributed by atoms with Gasteiger partial charge in [0.1, 0.15) is 5.82 Å². The van der Waals surface area contributed by atoms with E-state index in [1.807, 2.05) is 0 Å². The highest BCUT2D eigenvalue weighted by Crippen LogP contribution is 2.29. The van der Waals surface area contributed by atoms with Crippen LogP contribution in [0.4, 0.5) is 9.18 Å². The second-order valence-corrected chi connectivity index (χ2v) is 6.40. The number of amides is 2. The molecule has 0 spiro atoms. The number of hydrogen-bond acceptors (Lipinski definition) is 2. The van der Waals surface area contributed by atoms with Crippen molar-refractivity contribution in [2.24, 2.45) is 5.92 Å². The van der Waals surface area contributed by atoms with Crippen LogP contribution in [0.1, 0.15) is 31.4 Å². The van der Waals surface area contributed by atoms with Crippen molar-refractivity contribution >= 4 is 35.2 Å². The first-order valence-corrected chi connectivity index (χ1v) is 7.98. The minimum absolute atomic E-state index is 0.0855. The van der Waals surface area contributed by atoms with Gasteiger partial charge in [-0.3, -0.25) is 4.79 Å². The first kappa shape index (κ1) is 17.8. The summed E-state index contributed by atoms with van der Waals surface area (Å²) in [5.74, 6) is -2.07. The molecule has 1 aromatic rings. The monoisotopic (exact) mass is 362 g/mol. The summed E-state index contributed by atoms with van der Waals surface area (Å²) in [5.41, 5.74) is 0.411. The Bertz CT molecular complexity index is 627. The molecule has 1 aromatic carbocycles. The van der Waals surface area contributed by atoms with Crippen LogP contribution in [0.15, 0.2) is 12.1 Å². The van der Waals surface area contributed by atoms with Crippen molar-refractivity contribution in [3.05, 3.63) is 33.6 Å². The van der Waals surface area contributed by atoms with Gasteiger partial charge in [0, 0.05) is 18.1 Å². The fraction of sp³-hybridized carbons (Fsp3) is 0.467. The number of carbonyl (C=O) groups is 2. The molecule has 126 valence electrons. The number of carboxylic acids is 1. The summed E-state index contributed by atoms with van der Waals surface area (Å²) in [5, 5.41) is 11.9. The van der Waals surface area contributed by atoms with Gasteiger partial charge in [-0.2, -0.15) is 0 Å². The van der Waals surface area contributed by atoms with Crippen molar-refractivity contribution in [3.8, 4) is 0 Å². The number of rotatable bonds is 3. The number of piperidine rings is 1. The molecular weight excluding hydrogens is 346 g/mol. The molecule has 1 aliphatic heterocycles. The molecule has 2 N–H and O–H groups in total. The van der Waals surface area contributed by atoms with Crippen LogP contribution in [0.2, 0.25) is 10.0 Å². The Hall–Kier alpha value is -1.53. The zero-order chi connectivity index (χ0) is 17.1. The lowest BCUT2D eigenvalue weighted by atomic mass is 9.98. The third-order valence-electron chi connectivity index (χ3n) is 3.90. The van der Waals surface area contributed by atoms with E-state index < -0.39 is 29.8 Å². The van der Waals surface area contributed by atoms with Crippen molar-refractivity contribution < 1.29 is 19.1 Å². The van der Waals surface area contributed by atoms with Gasteiger partial charge < -0.3 is 15.3 Å². The quantitative estimate of drug-likeness (QED) is 0.805. The normalized spacial score (nSPS) is 19.3. The first-order chi connectivity index (χ1) is 10.8. The number of halogens is 3. The van der Waals surface area contributed by atoms with Crippen LogP contribution >= 0.6 is 23.2 Å². The summed E-state index contributed by atoms with van der Waals surface area (Å²) < 4.78 is 13.6. The van der Waals surface area contributed by atoms with Crippen LogP contribution in [-0.4, -0.2) is 35.1 Å². The number of likely N-dealkylation sites (tertiary alicyclic amines) is 1. The molecule has 2 unspecified atom stereocenters. The van der Waals surface area contributed by atoms with Gasteiger partial charge in [-0.15, -0.1) is 0 Å². The zero-order valence-electron chi connectivity index (χ0n) is 12.5. The highest BCUT2D eigenvalue weighted by atomic mass is 35.5. The Labute approximate surface area is 143 Å². The molecule has 8 heteroatoms. The number of carboxylic acid groups (broad SMARTS) is 1. The maximum atomic E-state index is 13.6. The molecule has 1 aliphatic rings. The van der Waals surface area contributed by atoms with Crippen molar-refractivity contribution in [3.63, 3.8) is 0 Å². The molecule has 0 bridgehead atoms. The van der Waals surface area contributed by atoms with Gasteiger partial charge >= 0.3 is 12.0 Å². The molecule has 0 saturated carbocycles. The highest BCUT2D eigenvalue weighted by molar-refractivity contribution is 6.35. The van der Waals surface area contributed by atoms with Crippen molar-refractivity contribution in [1.29, 1.82) is 0 Å². The smallest absolute Gasteiger partial charge is 0.317 e. The summed E-state index contributed by atoms with van der Waals surface area (Å²) in [6.45, 7) is 2.33. The lowest BCUT2D eigenvalue weighted by molar-refractivity contribution is -0.143. The van der Waals surface area contributed by atoms with Crippen LogP contribution in [0.25, 0.3) is 0 Å². The van der Waals surface area contributed by atoms with Crippen LogP contribution in [-0.2, 0) is 4.79 Å². The molecule has 0 aliphatic carbocycles. The van der Waals surface area contributed by atoms with E-state index in [-0.39, 0.29) is 16.6 Å². The molecule has 1 fully saturated rings. The highest BCUT2D eigenvalue weighted by Gasteiger charge is 2.29. The summed E-state index contributed by atoms with van der Waals surface area (Å²) in [6.07, 6.45) is 1.19. The summed E-state index contributed by atoms with van der Waals surface area (Å²) in [4.78, 5) is 24.8. The molecule has 2 atom stereocenters. The molecular formula is C15H17Cl2FN2O3. The second kappa shape index (κ2) is 7.36. The average Bonchev–Trinajstić information content (AvgIpc) is 2.50. The predicted molar refractivity (Wildman–Crippen MR) is 85.3 cm³/mol. The number of benzene rings is 1. The van der Waals surface area contributed by atoms with E-state index in [4.69, 9.17) is 28.3 Å². The van der Waals surface area contributed by atoms with Crippen molar-refractivity contribution in [2.75, 3.05) is 13.1 Å². The standard InChI is InChI=1S/C15H17Cl2FN2O3/c1-8(10-5-13(18)12(17)6-11(10)16)19-15(23)20-4-2-3-9(7-20)14(21)22/h5-6,8-9H,2-4,7H2,1H3,(H,19,23)(H,21,22). The molecule has 0 aromatic heterocycles. The number of carbonyl (C=O) groups excluding carboxylic acids is 1. The Morgan fingerprint density at radius 3 is 2.74 bits per heavy atom. The molecule has 5 nitrogen and oxygen atoms in total. The Morgan fingerprint density at radius 1 is 1.39 bits per heavy atom. The number of hydrogen-bond donors (Lipinski definition) is 2. The van der Waals surface area contributed by atoms with Gasteiger partial charge in [0.2, 0.25) is 0 Å².